The van der Waals surface area contributed by atoms with Gasteiger partial charge in [0.1, 0.15) is 0 Å². The first-order valence-electron chi connectivity index (χ1n) is 5.93. The lowest BCUT2D eigenvalue weighted by Gasteiger charge is -2.15. The Labute approximate surface area is 108 Å². The lowest BCUT2D eigenvalue weighted by molar-refractivity contribution is 0.0167. The highest BCUT2D eigenvalue weighted by Crippen LogP contribution is 2.30. The van der Waals surface area contributed by atoms with Crippen LogP contribution in [0.2, 0.25) is 0 Å². The molecule has 0 amide bonds. The molecule has 0 aromatic heterocycles. The average Bonchev–Trinajstić information content (AvgIpc) is 2.30. The second kappa shape index (κ2) is 6.83. The van der Waals surface area contributed by atoms with E-state index in [-0.39, 0.29) is 22.6 Å². The predicted molar refractivity (Wildman–Crippen MR) is 70.5 cm³/mol. The van der Waals surface area contributed by atoms with Crippen molar-refractivity contribution in [3.05, 3.63) is 35.4 Å². The molecular weight excluding hydrogens is 258 g/mol. The van der Waals surface area contributed by atoms with E-state index >= 15 is 0 Å². The summed E-state index contributed by atoms with van der Waals surface area (Å²) < 4.78 is 49.2. The van der Waals surface area contributed by atoms with Gasteiger partial charge in [0.2, 0.25) is 0 Å². The molecule has 0 aliphatic heterocycles. The van der Waals surface area contributed by atoms with Crippen molar-refractivity contribution in [2.75, 3.05) is 5.75 Å². The summed E-state index contributed by atoms with van der Waals surface area (Å²) in [5, 5.41) is 0. The van der Waals surface area contributed by atoms with Gasteiger partial charge in [0.15, 0.2) is 9.84 Å². The van der Waals surface area contributed by atoms with E-state index in [2.05, 4.69) is 0 Å². The van der Waals surface area contributed by atoms with Crippen LogP contribution in [0.5, 0.6) is 0 Å². The van der Waals surface area contributed by atoms with Crippen molar-refractivity contribution >= 4 is 9.84 Å². The van der Waals surface area contributed by atoms with Crippen LogP contribution < -0.4 is 0 Å². The molecule has 1 rings (SSSR count). The van der Waals surface area contributed by atoms with Crippen molar-refractivity contribution in [2.45, 2.75) is 39.4 Å². The quantitative estimate of drug-likeness (QED) is 0.840. The maximum atomic E-state index is 13.2. The van der Waals surface area contributed by atoms with Crippen LogP contribution in [0.4, 0.5) is 8.78 Å². The molecule has 5 heteroatoms. The summed E-state index contributed by atoms with van der Waals surface area (Å²) in [6, 6.07) is 5.74. The van der Waals surface area contributed by atoms with E-state index in [4.69, 9.17) is 0 Å². The fourth-order valence-corrected chi connectivity index (χ4v) is 2.34. The van der Waals surface area contributed by atoms with Crippen LogP contribution >= 0.6 is 0 Å². The van der Waals surface area contributed by atoms with Gasteiger partial charge in [-0.2, -0.15) is 0 Å². The Morgan fingerprint density at radius 1 is 1.17 bits per heavy atom. The van der Waals surface area contributed by atoms with Crippen LogP contribution in [0.25, 0.3) is 0 Å². The number of hydrogen-bond donors (Lipinski definition) is 0. The summed E-state index contributed by atoms with van der Waals surface area (Å²) in [6.07, 6.45) is 0. The van der Waals surface area contributed by atoms with Crippen LogP contribution in [-0.4, -0.2) is 14.2 Å². The third kappa shape index (κ3) is 5.12. The van der Waals surface area contributed by atoms with Crippen molar-refractivity contribution in [3.8, 4) is 0 Å². The molecule has 1 aromatic carbocycles. The summed E-state index contributed by atoms with van der Waals surface area (Å²) in [5.74, 6) is -3.39. The molecule has 0 saturated carbocycles. The molecule has 0 spiro atoms. The van der Waals surface area contributed by atoms with Gasteiger partial charge in [-0.05, 0) is 5.56 Å². The van der Waals surface area contributed by atoms with E-state index in [1.807, 2.05) is 13.8 Å². The lowest BCUT2D eigenvalue weighted by atomic mass is 10.0. The Balaban J connectivity index is 0.00000137. The molecule has 0 aliphatic rings. The van der Waals surface area contributed by atoms with E-state index in [9.17, 15) is 17.2 Å². The first kappa shape index (κ1) is 17.0. The number of hydrogen-bond acceptors (Lipinski definition) is 2. The normalized spacial score (nSPS) is 11.7. The van der Waals surface area contributed by atoms with Gasteiger partial charge in [-0.1, -0.05) is 45.0 Å². The molecule has 0 radical (unpaired) electrons. The van der Waals surface area contributed by atoms with Gasteiger partial charge in [-0.15, -0.1) is 0 Å². The Bertz CT molecular complexity index is 462. The maximum Gasteiger partial charge on any atom is 0.270 e. The predicted octanol–water partition coefficient (Wildman–Crippen LogP) is 3.76. The highest BCUT2D eigenvalue weighted by molar-refractivity contribution is 7.90. The molecule has 0 fully saturated rings. The van der Waals surface area contributed by atoms with E-state index in [1.54, 1.807) is 6.07 Å². The zero-order valence-corrected chi connectivity index (χ0v) is 12.0. The Morgan fingerprint density at radius 3 is 2.11 bits per heavy atom. The van der Waals surface area contributed by atoms with E-state index in [0.717, 1.165) is 6.92 Å². The average molecular weight is 278 g/mol. The SMILES string of the molecule is CC.CCS(=O)(=O)Cc1ccccc1C(C)(F)F. The molecule has 0 saturated heterocycles. The van der Waals surface area contributed by atoms with Crippen LogP contribution in [0.15, 0.2) is 24.3 Å². The molecule has 1 aromatic rings. The molecular formula is C13H20F2O2S. The second-order valence-corrected chi connectivity index (χ2v) is 6.08. The molecule has 0 unspecified atom stereocenters. The molecule has 18 heavy (non-hydrogen) atoms. The Kier molecular flexibility index (Phi) is 6.46. The fourth-order valence-electron chi connectivity index (χ4n) is 1.41. The summed E-state index contributed by atoms with van der Waals surface area (Å²) in [6.45, 7) is 6.27. The minimum atomic E-state index is -3.29. The largest absolute Gasteiger partial charge is 0.270 e. The molecule has 0 N–H and O–H groups in total. The van der Waals surface area contributed by atoms with Crippen molar-refractivity contribution in [1.82, 2.24) is 0 Å². The van der Waals surface area contributed by atoms with Crippen molar-refractivity contribution in [2.24, 2.45) is 0 Å². The highest BCUT2D eigenvalue weighted by Gasteiger charge is 2.28. The Morgan fingerprint density at radius 2 is 1.67 bits per heavy atom. The maximum absolute atomic E-state index is 13.2. The van der Waals surface area contributed by atoms with Crippen LogP contribution in [0.3, 0.4) is 0 Å². The molecule has 2 nitrogen and oxygen atoms in total. The van der Waals surface area contributed by atoms with E-state index < -0.39 is 15.8 Å². The van der Waals surface area contributed by atoms with Crippen molar-refractivity contribution < 1.29 is 17.2 Å². The number of halogens is 2. The minimum Gasteiger partial charge on any atom is -0.229 e. The summed E-state index contributed by atoms with van der Waals surface area (Å²) in [5.41, 5.74) is -0.0381. The van der Waals surface area contributed by atoms with Gasteiger partial charge in [0, 0.05) is 18.2 Å². The van der Waals surface area contributed by atoms with Gasteiger partial charge < -0.3 is 0 Å². The van der Waals surface area contributed by atoms with E-state index in [0.29, 0.717) is 0 Å². The number of sulfone groups is 1. The van der Waals surface area contributed by atoms with Crippen LogP contribution in [0, 0.1) is 0 Å². The van der Waals surface area contributed by atoms with Crippen LogP contribution in [-0.2, 0) is 21.5 Å². The third-order valence-electron chi connectivity index (χ3n) is 2.31. The lowest BCUT2D eigenvalue weighted by Crippen LogP contribution is -2.14. The standard InChI is InChI=1S/C11H14F2O2S.C2H6/c1-3-16(14,15)8-9-6-4-5-7-10(9)11(2,12)13;1-2/h4-7H,3,8H2,1-2H3;1-2H3. The van der Waals surface area contributed by atoms with Gasteiger partial charge in [0.05, 0.1) is 5.75 Å². The smallest absolute Gasteiger partial charge is 0.229 e. The number of rotatable bonds is 4. The molecule has 104 valence electrons. The van der Waals surface area contributed by atoms with Gasteiger partial charge >= 0.3 is 0 Å². The first-order chi connectivity index (χ1) is 8.26. The van der Waals surface area contributed by atoms with Crippen LogP contribution in [0.1, 0.15) is 38.8 Å². The van der Waals surface area contributed by atoms with E-state index in [1.165, 1.54) is 25.1 Å². The first-order valence-corrected chi connectivity index (χ1v) is 7.75. The summed E-state index contributed by atoms with van der Waals surface area (Å²) >= 11 is 0. The topological polar surface area (TPSA) is 34.1 Å². The molecule has 0 aliphatic carbocycles. The third-order valence-corrected chi connectivity index (χ3v) is 3.94. The summed E-state index contributed by atoms with van der Waals surface area (Å²) in [7, 11) is -3.29. The molecule has 0 bridgehead atoms. The zero-order chi connectivity index (χ0) is 14.4. The van der Waals surface area contributed by atoms with Gasteiger partial charge in [-0.25, -0.2) is 17.2 Å². The van der Waals surface area contributed by atoms with Crippen molar-refractivity contribution in [3.63, 3.8) is 0 Å². The monoisotopic (exact) mass is 278 g/mol. The van der Waals surface area contributed by atoms with Gasteiger partial charge in [-0.3, -0.25) is 0 Å². The fraction of sp³-hybridized carbons (Fsp3) is 0.538. The number of benzene rings is 1. The Hall–Kier alpha value is -0.970. The van der Waals surface area contributed by atoms with Gasteiger partial charge in [0.25, 0.3) is 5.92 Å². The van der Waals surface area contributed by atoms with Crippen molar-refractivity contribution in [1.29, 1.82) is 0 Å². The summed E-state index contributed by atoms with van der Waals surface area (Å²) in [4.78, 5) is 0. The zero-order valence-electron chi connectivity index (χ0n) is 11.2. The second-order valence-electron chi connectivity index (χ2n) is 3.72. The molecule has 0 heterocycles. The minimum absolute atomic E-state index is 0.0450. The highest BCUT2D eigenvalue weighted by atomic mass is 32.2. The number of alkyl halides is 2. The molecule has 0 atom stereocenters.